The van der Waals surface area contributed by atoms with Gasteiger partial charge in [0.1, 0.15) is 0 Å². The van der Waals surface area contributed by atoms with Crippen LogP contribution in [0, 0.1) is 5.92 Å². The lowest BCUT2D eigenvalue weighted by atomic mass is 9.78. The number of amides is 1. The van der Waals surface area contributed by atoms with Crippen molar-refractivity contribution in [3.63, 3.8) is 0 Å². The molecular formula is C21H32N2O4. The van der Waals surface area contributed by atoms with Crippen LogP contribution >= 0.6 is 0 Å². The summed E-state index contributed by atoms with van der Waals surface area (Å²) in [5.74, 6) is 2.63. The van der Waals surface area contributed by atoms with Crippen LogP contribution in [0.1, 0.15) is 44.1 Å². The van der Waals surface area contributed by atoms with Crippen molar-refractivity contribution in [1.82, 2.24) is 10.2 Å². The fraction of sp³-hybridized carbons (Fsp3) is 0.667. The number of piperidine rings is 1. The zero-order valence-electron chi connectivity index (χ0n) is 16.8. The predicted molar refractivity (Wildman–Crippen MR) is 104 cm³/mol. The van der Waals surface area contributed by atoms with Gasteiger partial charge in [0.25, 0.3) is 0 Å². The summed E-state index contributed by atoms with van der Waals surface area (Å²) >= 11 is 0. The number of nitrogens with one attached hydrogen (secondary N) is 1. The molecule has 0 radical (unpaired) electrons. The number of nitrogens with zero attached hydrogens (tertiary/aromatic N) is 1. The first-order valence-electron chi connectivity index (χ1n) is 9.96. The Morgan fingerprint density at radius 3 is 2.37 bits per heavy atom. The molecule has 0 bridgehead atoms. The van der Waals surface area contributed by atoms with Gasteiger partial charge in [0.15, 0.2) is 11.5 Å². The van der Waals surface area contributed by atoms with Gasteiger partial charge in [-0.15, -0.1) is 0 Å². The highest BCUT2D eigenvalue weighted by Gasteiger charge is 2.33. The highest BCUT2D eigenvalue weighted by atomic mass is 16.5. The van der Waals surface area contributed by atoms with Gasteiger partial charge in [-0.3, -0.25) is 9.69 Å². The molecule has 0 aromatic heterocycles. The van der Waals surface area contributed by atoms with Crippen molar-refractivity contribution in [1.29, 1.82) is 0 Å². The van der Waals surface area contributed by atoms with E-state index in [2.05, 4.69) is 10.2 Å². The third kappa shape index (κ3) is 4.67. The summed E-state index contributed by atoms with van der Waals surface area (Å²) in [6.45, 7) is 1.97. The minimum atomic E-state index is 0.0787. The second-order valence-electron chi connectivity index (χ2n) is 7.53. The number of benzene rings is 1. The van der Waals surface area contributed by atoms with Crippen LogP contribution in [-0.2, 0) is 11.3 Å². The lowest BCUT2D eigenvalue weighted by Gasteiger charge is -2.43. The van der Waals surface area contributed by atoms with E-state index in [0.717, 1.165) is 18.0 Å². The van der Waals surface area contributed by atoms with Gasteiger partial charge >= 0.3 is 0 Å². The Labute approximate surface area is 162 Å². The van der Waals surface area contributed by atoms with Crippen molar-refractivity contribution in [2.75, 3.05) is 34.4 Å². The van der Waals surface area contributed by atoms with E-state index in [9.17, 15) is 4.79 Å². The second kappa shape index (κ2) is 9.31. The van der Waals surface area contributed by atoms with E-state index in [1.807, 2.05) is 12.1 Å². The number of carbonyl (C=O) groups is 1. The first kappa shape index (κ1) is 19.8. The van der Waals surface area contributed by atoms with Crippen LogP contribution in [-0.4, -0.2) is 51.3 Å². The number of hydrogen-bond acceptors (Lipinski definition) is 5. The third-order valence-corrected chi connectivity index (χ3v) is 5.92. The van der Waals surface area contributed by atoms with E-state index in [1.54, 1.807) is 21.3 Å². The van der Waals surface area contributed by atoms with E-state index < -0.39 is 0 Å². The monoisotopic (exact) mass is 376 g/mol. The van der Waals surface area contributed by atoms with E-state index >= 15 is 0 Å². The van der Waals surface area contributed by atoms with Crippen LogP contribution in [0.25, 0.3) is 0 Å². The van der Waals surface area contributed by atoms with Crippen LogP contribution in [0.5, 0.6) is 17.2 Å². The Balaban J connectivity index is 1.59. The van der Waals surface area contributed by atoms with Gasteiger partial charge in [0, 0.05) is 12.6 Å². The molecule has 150 valence electrons. The topological polar surface area (TPSA) is 60.0 Å². The molecule has 0 unspecified atom stereocenters. The number of likely N-dealkylation sites (tertiary alicyclic amines) is 1. The first-order chi connectivity index (χ1) is 13.2. The van der Waals surface area contributed by atoms with Gasteiger partial charge in [-0.05, 0) is 55.8 Å². The molecule has 1 aliphatic heterocycles. The molecule has 1 saturated heterocycles. The lowest BCUT2D eigenvalue weighted by molar-refractivity contribution is -0.124. The van der Waals surface area contributed by atoms with Crippen LogP contribution in [0.15, 0.2) is 12.1 Å². The van der Waals surface area contributed by atoms with Crippen molar-refractivity contribution >= 4 is 5.91 Å². The summed E-state index contributed by atoms with van der Waals surface area (Å²) in [6.07, 6.45) is 7.75. The molecule has 6 heteroatoms. The van der Waals surface area contributed by atoms with Gasteiger partial charge in [0.2, 0.25) is 11.7 Å². The summed E-state index contributed by atoms with van der Waals surface area (Å²) in [5.41, 5.74) is 0.923. The summed E-state index contributed by atoms with van der Waals surface area (Å²) in [7, 11) is 4.77. The smallest absolute Gasteiger partial charge is 0.234 e. The molecule has 1 aliphatic carbocycles. The minimum absolute atomic E-state index is 0.0787. The maximum absolute atomic E-state index is 12.6. The Kier molecular flexibility index (Phi) is 6.83. The van der Waals surface area contributed by atoms with Gasteiger partial charge in [0.05, 0.1) is 27.9 Å². The van der Waals surface area contributed by atoms with Crippen LogP contribution in [0.2, 0.25) is 0 Å². The minimum Gasteiger partial charge on any atom is -0.493 e. The molecular weight excluding hydrogens is 344 g/mol. The number of carbonyl (C=O) groups excluding carboxylic acids is 1. The SMILES string of the molecule is COc1cc(CNC(=O)CN2CCC[C@H]3CCCC[C@@H]32)cc(OC)c1OC. The number of hydrogen-bond donors (Lipinski definition) is 1. The van der Waals surface area contributed by atoms with Crippen LogP contribution < -0.4 is 19.5 Å². The maximum Gasteiger partial charge on any atom is 0.234 e. The maximum atomic E-state index is 12.6. The molecule has 1 amide bonds. The highest BCUT2D eigenvalue weighted by Crippen LogP contribution is 2.38. The molecule has 3 rings (SSSR count). The van der Waals surface area contributed by atoms with Gasteiger partial charge < -0.3 is 19.5 Å². The van der Waals surface area contributed by atoms with Crippen molar-refractivity contribution in [3.05, 3.63) is 17.7 Å². The number of methoxy groups -OCH3 is 3. The molecule has 1 N–H and O–H groups in total. The molecule has 1 heterocycles. The van der Waals surface area contributed by atoms with Crippen molar-refractivity contribution in [2.45, 2.75) is 51.1 Å². The van der Waals surface area contributed by atoms with E-state index in [-0.39, 0.29) is 5.91 Å². The van der Waals surface area contributed by atoms with E-state index in [4.69, 9.17) is 14.2 Å². The van der Waals surface area contributed by atoms with Gasteiger partial charge in [-0.2, -0.15) is 0 Å². The highest BCUT2D eigenvalue weighted by molar-refractivity contribution is 5.78. The van der Waals surface area contributed by atoms with Crippen molar-refractivity contribution in [2.24, 2.45) is 5.92 Å². The first-order valence-corrected chi connectivity index (χ1v) is 9.96. The molecule has 2 aliphatic rings. The molecule has 6 nitrogen and oxygen atoms in total. The predicted octanol–water partition coefficient (Wildman–Crippen LogP) is 2.98. The van der Waals surface area contributed by atoms with Crippen molar-refractivity contribution < 1.29 is 19.0 Å². The van der Waals surface area contributed by atoms with Crippen molar-refractivity contribution in [3.8, 4) is 17.2 Å². The Morgan fingerprint density at radius 2 is 1.70 bits per heavy atom. The standard InChI is InChI=1S/C21H32N2O4/c1-25-18-11-15(12-19(26-2)21(18)27-3)13-22-20(24)14-23-10-6-8-16-7-4-5-9-17(16)23/h11-12,16-17H,4-10,13-14H2,1-3H3,(H,22,24)/t16-,17+/m1/s1. The summed E-state index contributed by atoms with van der Waals surface area (Å²) in [6, 6.07) is 4.35. The van der Waals surface area contributed by atoms with Crippen LogP contribution in [0.3, 0.4) is 0 Å². The lowest BCUT2D eigenvalue weighted by Crippen LogP contribution is -2.50. The Morgan fingerprint density at radius 1 is 1.04 bits per heavy atom. The summed E-state index contributed by atoms with van der Waals surface area (Å²) in [5, 5.41) is 3.05. The average molecular weight is 376 g/mol. The molecule has 1 aromatic rings. The molecule has 2 fully saturated rings. The zero-order valence-corrected chi connectivity index (χ0v) is 16.8. The second-order valence-corrected chi connectivity index (χ2v) is 7.53. The van der Waals surface area contributed by atoms with E-state index in [1.165, 1.54) is 38.5 Å². The number of rotatable bonds is 7. The van der Waals surface area contributed by atoms with Gasteiger partial charge in [-0.25, -0.2) is 0 Å². The summed E-state index contributed by atoms with van der Waals surface area (Å²) in [4.78, 5) is 15.0. The zero-order chi connectivity index (χ0) is 19.2. The molecule has 27 heavy (non-hydrogen) atoms. The molecule has 1 saturated carbocycles. The van der Waals surface area contributed by atoms with E-state index in [0.29, 0.717) is 36.4 Å². The largest absolute Gasteiger partial charge is 0.493 e. The summed E-state index contributed by atoms with van der Waals surface area (Å²) < 4.78 is 16.1. The van der Waals surface area contributed by atoms with Crippen LogP contribution in [0.4, 0.5) is 0 Å². The quantitative estimate of drug-likeness (QED) is 0.793. The molecule has 2 atom stereocenters. The molecule has 0 spiro atoms. The number of ether oxygens (including phenoxy) is 3. The fourth-order valence-corrected chi connectivity index (χ4v) is 4.60. The molecule has 1 aromatic carbocycles. The Hall–Kier alpha value is -1.95. The Bertz CT molecular complexity index is 622. The van der Waals surface area contributed by atoms with Gasteiger partial charge in [-0.1, -0.05) is 12.8 Å². The number of fused-ring (bicyclic) bond motifs is 1. The fourth-order valence-electron chi connectivity index (χ4n) is 4.60. The normalized spacial score (nSPS) is 22.6. The average Bonchev–Trinajstić information content (AvgIpc) is 2.71. The third-order valence-electron chi connectivity index (χ3n) is 5.92.